The maximum Gasteiger partial charge on any atom is 0.220 e. The predicted octanol–water partition coefficient (Wildman–Crippen LogP) is 4.29. The molecule has 0 heterocycles. The molecule has 510 valence electrons. The minimum Gasteiger partial charge on any atom is -0.396 e. The largest absolute Gasteiger partial charge is 0.396 e. The van der Waals surface area contributed by atoms with Gasteiger partial charge in [-0.05, 0) is 224 Å². The summed E-state index contributed by atoms with van der Waals surface area (Å²) in [6, 6.07) is 2.99. The number of amides is 2. The van der Waals surface area contributed by atoms with Gasteiger partial charge >= 0.3 is 0 Å². The van der Waals surface area contributed by atoms with Crippen molar-refractivity contribution in [3.05, 3.63) is 11.9 Å². The number of carbonyl (C=O) groups excluding carboxylic acids is 5. The molecule has 10 aliphatic rings. The number of hydrogen-bond acceptors (Lipinski definition) is 19. The number of halogens is 1. The quantitative estimate of drug-likeness (QED) is 0.176. The minimum absolute atomic E-state index is 0.00620. The smallest absolute Gasteiger partial charge is 0.220 e. The molecule has 22 heteroatoms. The van der Waals surface area contributed by atoms with Crippen LogP contribution in [0.2, 0.25) is 0 Å². The molecule has 9 fully saturated rings. The summed E-state index contributed by atoms with van der Waals surface area (Å²) >= 11 is 0. The average molecular weight is 1240 g/mol. The van der Waals surface area contributed by atoms with Crippen LogP contribution in [-0.2, 0) is 24.0 Å². The Morgan fingerprint density at radius 1 is 0.460 bits per heavy atom. The fourth-order valence-corrected chi connectivity index (χ4v) is 12.2. The van der Waals surface area contributed by atoms with E-state index in [0.717, 1.165) is 186 Å². The van der Waals surface area contributed by atoms with Crippen LogP contribution >= 0.6 is 0 Å². The second-order valence-corrected chi connectivity index (χ2v) is 27.1. The van der Waals surface area contributed by atoms with E-state index in [9.17, 15) is 33.5 Å². The maximum atomic E-state index is 12.2. The number of Topliss-reactive ketones (excluding diaryl/α,β-unsaturated/α-hetero) is 3. The van der Waals surface area contributed by atoms with Gasteiger partial charge in [-0.1, -0.05) is 12.5 Å². The highest BCUT2D eigenvalue weighted by atomic mass is 19.1. The fourth-order valence-electron chi connectivity index (χ4n) is 12.2. The van der Waals surface area contributed by atoms with Crippen molar-refractivity contribution < 1.29 is 48.8 Å². The van der Waals surface area contributed by atoms with Crippen LogP contribution in [0.5, 0.6) is 0 Å². The monoisotopic (exact) mass is 1240 g/mol. The number of nitrogens with two attached hydrogens (primary N) is 12. The number of allylic oxidation sites excluding steroid dienone is 1. The standard InChI is InChI=1S/C8H17NO.C8H15NO.C7H14N2O.2C7H15NO.C6H10FN.2C6H11NO.C5H10N2O.C5H11NO/c2*1-6(10)7-2-4-8(9)5-3-7;8-6-3-1-5(2-4-6)7(9)10;8-7-3-1-6(5-9)2-4-7;8-7-3-1-2-6(4-7)5-9;2*7-5-1-3-6(8)4-2-5;7-5-2-1-3-6(8)4-5;6-4-1-3(2-4)5(7)8;6-4-1-2-5(7)3-4/h6-8,10H,2-5,9H2,1H3;7-8H,2-5,9H2,1H3;5-6H,1-4,8H2,(H2,9,10);2*6-7,9H,1-5,8H2;1,6H,2-4,8H2;2*5H,1-4,7H2;3-4H,1-2,6H2,(H2,7,8);4-5,7H,1-3,6H2. The van der Waals surface area contributed by atoms with Gasteiger partial charge in [0, 0.05) is 123 Å². The zero-order valence-electron chi connectivity index (χ0n) is 54.0. The number of aliphatic hydroxyl groups is 4. The summed E-state index contributed by atoms with van der Waals surface area (Å²) < 4.78 is 12.2. The molecule has 2 amide bonds. The Morgan fingerprint density at radius 2 is 0.897 bits per heavy atom. The molecule has 7 unspecified atom stereocenters. The number of primary amides is 2. The molecule has 10 rings (SSSR count). The molecule has 0 aromatic heterocycles. The lowest BCUT2D eigenvalue weighted by atomic mass is 9.80. The van der Waals surface area contributed by atoms with Gasteiger partial charge in [-0.3, -0.25) is 24.0 Å². The van der Waals surface area contributed by atoms with Crippen LogP contribution in [-0.4, -0.2) is 135 Å². The van der Waals surface area contributed by atoms with Crippen molar-refractivity contribution >= 4 is 29.2 Å². The second-order valence-electron chi connectivity index (χ2n) is 27.1. The zero-order chi connectivity index (χ0) is 65.4. The molecule has 21 nitrogen and oxygen atoms in total. The molecular formula is C65H129FN12O9. The Bertz CT molecular complexity index is 1810. The van der Waals surface area contributed by atoms with Crippen molar-refractivity contribution in [3.63, 3.8) is 0 Å². The molecule has 0 spiro atoms. The third-order valence-electron chi connectivity index (χ3n) is 18.8. The lowest BCUT2D eigenvalue weighted by molar-refractivity contribution is -0.125. The van der Waals surface area contributed by atoms with Gasteiger partial charge in [-0.15, -0.1) is 0 Å². The van der Waals surface area contributed by atoms with Crippen molar-refractivity contribution in [2.24, 2.45) is 104 Å². The molecular weight excluding hydrogens is 1110 g/mol. The highest BCUT2D eigenvalue weighted by Gasteiger charge is 2.30. The number of rotatable bonds is 6. The molecule has 87 heavy (non-hydrogen) atoms. The van der Waals surface area contributed by atoms with Gasteiger partial charge in [0.1, 0.15) is 17.3 Å². The minimum atomic E-state index is -0.202. The van der Waals surface area contributed by atoms with Crippen LogP contribution in [0, 0.1) is 35.5 Å². The Morgan fingerprint density at radius 3 is 1.21 bits per heavy atom. The van der Waals surface area contributed by atoms with Gasteiger partial charge in [0.2, 0.25) is 11.8 Å². The van der Waals surface area contributed by atoms with Crippen LogP contribution < -0.4 is 68.8 Å². The molecule has 0 radical (unpaired) electrons. The summed E-state index contributed by atoms with van der Waals surface area (Å²) in [5.41, 5.74) is 65.9. The molecule has 0 aromatic rings. The third-order valence-corrected chi connectivity index (χ3v) is 18.8. The molecule has 0 aliphatic heterocycles. The highest BCUT2D eigenvalue weighted by Crippen LogP contribution is 2.28. The van der Waals surface area contributed by atoms with E-state index in [4.69, 9.17) is 84.1 Å². The molecule has 0 bridgehead atoms. The normalized spacial score (nSPS) is 34.1. The first kappa shape index (κ1) is 82.1. The summed E-state index contributed by atoms with van der Waals surface area (Å²) in [4.78, 5) is 52.9. The van der Waals surface area contributed by atoms with E-state index < -0.39 is 0 Å². The second kappa shape index (κ2) is 47.9. The lowest BCUT2D eigenvalue weighted by Gasteiger charge is -2.29. The average Bonchev–Trinajstić information content (AvgIpc) is 3.95. The third kappa shape index (κ3) is 42.0. The Balaban J connectivity index is 0.000000484. The number of aliphatic hydroxyl groups excluding tert-OH is 4. The van der Waals surface area contributed by atoms with E-state index in [2.05, 4.69) is 0 Å². The van der Waals surface area contributed by atoms with Crippen molar-refractivity contribution in [3.8, 4) is 0 Å². The Kier molecular flexibility index (Phi) is 45.2. The number of hydrogen-bond donors (Lipinski definition) is 16. The summed E-state index contributed by atoms with van der Waals surface area (Å²) in [6.07, 6.45) is 35.5. The molecule has 0 aromatic carbocycles. The van der Waals surface area contributed by atoms with Gasteiger partial charge < -0.3 is 89.2 Å². The van der Waals surface area contributed by atoms with Crippen LogP contribution in [0.1, 0.15) is 245 Å². The van der Waals surface area contributed by atoms with Crippen LogP contribution in [0.4, 0.5) is 4.39 Å². The maximum absolute atomic E-state index is 12.2. The van der Waals surface area contributed by atoms with E-state index in [1.807, 2.05) is 6.92 Å². The first-order chi connectivity index (χ1) is 41.1. The Labute approximate surface area is 523 Å². The van der Waals surface area contributed by atoms with Gasteiger partial charge in [0.05, 0.1) is 18.0 Å². The van der Waals surface area contributed by atoms with Crippen LogP contribution in [0.15, 0.2) is 11.9 Å². The van der Waals surface area contributed by atoms with E-state index >= 15 is 0 Å². The van der Waals surface area contributed by atoms with Gasteiger partial charge in [0.15, 0.2) is 0 Å². The molecule has 10 aliphatic carbocycles. The van der Waals surface area contributed by atoms with Gasteiger partial charge in [0.25, 0.3) is 0 Å². The molecule has 0 saturated heterocycles. The van der Waals surface area contributed by atoms with E-state index in [-0.39, 0.29) is 65.9 Å². The first-order valence-corrected chi connectivity index (χ1v) is 33.7. The van der Waals surface area contributed by atoms with Gasteiger partial charge in [-0.2, -0.15) is 0 Å². The molecule has 7 atom stereocenters. The lowest BCUT2D eigenvalue weighted by Crippen LogP contribution is -2.42. The SMILES string of the molecule is CC(=O)C1CCC(N)CC1.CC(O)C1CCC(N)CC1.NC(=O)C1CC(N)C1.NC(=O)C1CCC(N)CC1.NC1CC=C(F)CC1.NC1CCC(=O)CC1.NC1CCC(CO)CC1.NC1CCC(O)C1.NC1CCCC(=O)C1.NC1CCCC(CO)C1. The molecule has 9 saturated carbocycles. The van der Waals surface area contributed by atoms with Crippen molar-refractivity contribution in [2.75, 3.05) is 13.2 Å². The van der Waals surface area contributed by atoms with Crippen molar-refractivity contribution in [2.45, 2.75) is 318 Å². The van der Waals surface area contributed by atoms with Crippen molar-refractivity contribution in [1.29, 1.82) is 0 Å². The van der Waals surface area contributed by atoms with Crippen molar-refractivity contribution in [1.82, 2.24) is 0 Å². The predicted molar refractivity (Wildman–Crippen MR) is 347 cm³/mol. The van der Waals surface area contributed by atoms with Crippen LogP contribution in [0.25, 0.3) is 0 Å². The number of ketones is 3. The molecule has 28 N–H and O–H groups in total. The van der Waals surface area contributed by atoms with E-state index in [0.29, 0.717) is 123 Å². The van der Waals surface area contributed by atoms with E-state index in [1.165, 1.54) is 12.8 Å². The van der Waals surface area contributed by atoms with Gasteiger partial charge in [-0.25, -0.2) is 4.39 Å². The summed E-state index contributed by atoms with van der Waals surface area (Å²) in [5.74, 6) is 2.75. The summed E-state index contributed by atoms with van der Waals surface area (Å²) in [6.45, 7) is 4.24. The van der Waals surface area contributed by atoms with Crippen LogP contribution in [0.3, 0.4) is 0 Å². The topological polar surface area (TPSA) is 479 Å². The fraction of sp³-hybridized carbons (Fsp3) is 0.892. The number of carbonyl (C=O) groups is 5. The summed E-state index contributed by atoms with van der Waals surface area (Å²) in [7, 11) is 0. The Hall–Kier alpha value is -2.94. The first-order valence-electron chi connectivity index (χ1n) is 33.7. The van der Waals surface area contributed by atoms with E-state index in [1.54, 1.807) is 13.0 Å². The highest BCUT2D eigenvalue weighted by molar-refractivity contribution is 5.80. The zero-order valence-corrected chi connectivity index (χ0v) is 54.0. The summed E-state index contributed by atoms with van der Waals surface area (Å²) in [5, 5.41) is 35.5.